The van der Waals surface area contributed by atoms with E-state index in [-0.39, 0.29) is 16.6 Å². The maximum Gasteiger partial charge on any atom is 0.247 e. The molecular formula is C21H20Cl2FN3O3. The Balaban J connectivity index is 1.94. The van der Waals surface area contributed by atoms with Crippen LogP contribution in [-0.2, 0) is 14.4 Å². The third-order valence-corrected chi connectivity index (χ3v) is 5.75. The van der Waals surface area contributed by atoms with Gasteiger partial charge in [0.1, 0.15) is 11.9 Å². The van der Waals surface area contributed by atoms with Gasteiger partial charge in [-0.15, -0.1) is 0 Å². The predicted molar refractivity (Wildman–Crippen MR) is 113 cm³/mol. The highest BCUT2D eigenvalue weighted by Gasteiger charge is 2.46. The van der Waals surface area contributed by atoms with E-state index in [9.17, 15) is 18.8 Å². The van der Waals surface area contributed by atoms with Gasteiger partial charge >= 0.3 is 0 Å². The van der Waals surface area contributed by atoms with E-state index in [2.05, 4.69) is 10.6 Å². The van der Waals surface area contributed by atoms with Gasteiger partial charge < -0.3 is 15.5 Å². The Morgan fingerprint density at radius 2 is 1.97 bits per heavy atom. The van der Waals surface area contributed by atoms with Gasteiger partial charge in [-0.3, -0.25) is 14.4 Å². The van der Waals surface area contributed by atoms with Gasteiger partial charge in [0.15, 0.2) is 0 Å². The number of carbonyl (C=O) groups excluding carboxylic acids is 3. The molecule has 3 amide bonds. The molecule has 0 radical (unpaired) electrons. The summed E-state index contributed by atoms with van der Waals surface area (Å²) in [7, 11) is 0. The molecule has 0 bridgehead atoms. The lowest BCUT2D eigenvalue weighted by Gasteiger charge is -2.27. The number of likely N-dealkylation sites (tertiary alicyclic amines) is 1. The van der Waals surface area contributed by atoms with Crippen LogP contribution in [0.3, 0.4) is 0 Å². The zero-order valence-corrected chi connectivity index (χ0v) is 17.4. The van der Waals surface area contributed by atoms with Gasteiger partial charge in [0.25, 0.3) is 0 Å². The molecule has 2 aromatic rings. The van der Waals surface area contributed by atoms with Crippen LogP contribution in [0.25, 0.3) is 0 Å². The van der Waals surface area contributed by atoms with Gasteiger partial charge in [-0.1, -0.05) is 41.4 Å². The van der Waals surface area contributed by atoms with Crippen molar-refractivity contribution in [2.45, 2.75) is 30.8 Å². The smallest absolute Gasteiger partial charge is 0.247 e. The van der Waals surface area contributed by atoms with E-state index < -0.39 is 23.7 Å². The fourth-order valence-electron chi connectivity index (χ4n) is 3.91. The van der Waals surface area contributed by atoms with Crippen molar-refractivity contribution in [3.05, 3.63) is 63.9 Å². The number of hydrogen-bond acceptors (Lipinski definition) is 3. The molecule has 1 aliphatic heterocycles. The summed E-state index contributed by atoms with van der Waals surface area (Å²) in [5, 5.41) is 5.71. The van der Waals surface area contributed by atoms with Crippen molar-refractivity contribution in [2.24, 2.45) is 0 Å². The van der Waals surface area contributed by atoms with Crippen LogP contribution < -0.4 is 10.6 Å². The summed E-state index contributed by atoms with van der Waals surface area (Å²) >= 11 is 11.9. The molecule has 0 aromatic heterocycles. The molecule has 9 heteroatoms. The zero-order valence-electron chi connectivity index (χ0n) is 15.9. The van der Waals surface area contributed by atoms with E-state index in [0.717, 1.165) is 0 Å². The number of nitrogens with one attached hydrogen (secondary N) is 2. The molecule has 3 atom stereocenters. The van der Waals surface area contributed by atoms with Gasteiger partial charge in [0.05, 0.1) is 5.02 Å². The molecule has 2 unspecified atom stereocenters. The van der Waals surface area contributed by atoms with Crippen molar-refractivity contribution >= 4 is 47.6 Å². The minimum absolute atomic E-state index is 0.0507. The Kier molecular flexibility index (Phi) is 7.29. The topological polar surface area (TPSA) is 78.5 Å². The third-order valence-electron chi connectivity index (χ3n) is 5.22. The largest absolute Gasteiger partial charge is 0.359 e. The van der Waals surface area contributed by atoms with Crippen LogP contribution in [0.5, 0.6) is 0 Å². The Labute approximate surface area is 183 Å². The number of hydrogen-bond donors (Lipinski definition) is 2. The number of carbonyl (C=O) groups is 3. The Hall–Kier alpha value is -2.64. The molecule has 0 spiro atoms. The Morgan fingerprint density at radius 3 is 2.67 bits per heavy atom. The van der Waals surface area contributed by atoms with Gasteiger partial charge in [-0.2, -0.15) is 0 Å². The number of amides is 3. The van der Waals surface area contributed by atoms with Gasteiger partial charge in [0, 0.05) is 29.2 Å². The van der Waals surface area contributed by atoms with E-state index in [1.54, 1.807) is 36.4 Å². The molecule has 6 nitrogen and oxygen atoms in total. The van der Waals surface area contributed by atoms with Crippen LogP contribution in [0, 0.1) is 5.82 Å². The van der Waals surface area contributed by atoms with Crippen LogP contribution in [0.1, 0.15) is 24.3 Å². The lowest BCUT2D eigenvalue weighted by Crippen LogP contribution is -2.45. The van der Waals surface area contributed by atoms with Crippen molar-refractivity contribution < 1.29 is 18.8 Å². The van der Waals surface area contributed by atoms with Crippen LogP contribution in [-0.4, -0.2) is 42.3 Å². The first-order valence-corrected chi connectivity index (χ1v) is 10.1. The Bertz CT molecular complexity index is 943. The lowest BCUT2D eigenvalue weighted by molar-refractivity contribution is -0.129. The average Bonchev–Trinajstić information content (AvgIpc) is 3.08. The summed E-state index contributed by atoms with van der Waals surface area (Å²) in [5.41, 5.74) is 0.737. The first kappa shape index (κ1) is 22.1. The van der Waals surface area contributed by atoms with Crippen LogP contribution in [0.4, 0.5) is 10.1 Å². The number of anilines is 1. The monoisotopic (exact) mass is 451 g/mol. The molecule has 1 aliphatic rings. The van der Waals surface area contributed by atoms with Crippen LogP contribution in [0.2, 0.25) is 10.0 Å². The summed E-state index contributed by atoms with van der Waals surface area (Å²) in [6, 6.07) is 9.92. The van der Waals surface area contributed by atoms with E-state index in [1.165, 1.54) is 11.0 Å². The number of benzene rings is 2. The van der Waals surface area contributed by atoms with Crippen molar-refractivity contribution in [2.75, 3.05) is 11.9 Å². The molecule has 158 valence electrons. The minimum atomic E-state index is -0.948. The molecule has 2 N–H and O–H groups in total. The molecule has 1 fully saturated rings. The molecule has 0 aliphatic carbocycles. The normalized spacial score (nSPS) is 20.6. The van der Waals surface area contributed by atoms with Crippen molar-refractivity contribution in [1.29, 1.82) is 0 Å². The number of rotatable bonds is 8. The second kappa shape index (κ2) is 9.91. The van der Waals surface area contributed by atoms with E-state index in [0.29, 0.717) is 42.9 Å². The van der Waals surface area contributed by atoms with Crippen LogP contribution >= 0.6 is 23.2 Å². The third kappa shape index (κ3) is 4.74. The highest BCUT2D eigenvalue weighted by Crippen LogP contribution is 2.40. The fraction of sp³-hybridized carbons (Fsp3) is 0.286. The summed E-state index contributed by atoms with van der Waals surface area (Å²) in [4.78, 5) is 37.0. The van der Waals surface area contributed by atoms with Crippen molar-refractivity contribution in [1.82, 2.24) is 10.2 Å². The summed E-state index contributed by atoms with van der Waals surface area (Å²) < 4.78 is 14.8. The molecule has 30 heavy (non-hydrogen) atoms. The molecule has 1 heterocycles. The molecule has 2 aromatic carbocycles. The number of nitrogens with zero attached hydrogens (tertiary/aromatic N) is 1. The first-order chi connectivity index (χ1) is 14.5. The molecule has 3 rings (SSSR count). The fourth-order valence-corrected chi connectivity index (χ4v) is 4.28. The molecular weight excluding hydrogens is 432 g/mol. The van der Waals surface area contributed by atoms with Crippen molar-refractivity contribution in [3.63, 3.8) is 0 Å². The summed E-state index contributed by atoms with van der Waals surface area (Å²) in [5.74, 6) is -1.67. The highest BCUT2D eigenvalue weighted by atomic mass is 35.5. The number of halogens is 3. The SMILES string of the molecule is O=CNCC[C@H]1CC(c2cccc(Cl)c2F)C(C(=O)Nc2cccc(Cl)c2)N1C=O. The van der Waals surface area contributed by atoms with E-state index >= 15 is 0 Å². The van der Waals surface area contributed by atoms with E-state index in [4.69, 9.17) is 23.2 Å². The second-order valence-electron chi connectivity index (χ2n) is 7.00. The standard InChI is InChI=1S/C21H20Cl2FN3O3/c22-13-3-1-4-14(9-13)26-21(30)20-17(16-5-2-6-18(23)19(16)24)10-15(27(20)12-29)7-8-25-11-28/h1-6,9,11-12,15,17,20H,7-8,10H2,(H,25,28)(H,26,30)/t15-,17?,20?/m0/s1. The van der Waals surface area contributed by atoms with E-state index in [1.807, 2.05) is 0 Å². The summed E-state index contributed by atoms with van der Waals surface area (Å²) in [6.45, 7) is 0.325. The van der Waals surface area contributed by atoms with Crippen molar-refractivity contribution in [3.8, 4) is 0 Å². The molecule has 0 saturated carbocycles. The summed E-state index contributed by atoms with van der Waals surface area (Å²) in [6.07, 6.45) is 1.94. The first-order valence-electron chi connectivity index (χ1n) is 9.36. The highest BCUT2D eigenvalue weighted by molar-refractivity contribution is 6.31. The van der Waals surface area contributed by atoms with Gasteiger partial charge in [-0.05, 0) is 42.7 Å². The minimum Gasteiger partial charge on any atom is -0.359 e. The van der Waals surface area contributed by atoms with Crippen LogP contribution in [0.15, 0.2) is 42.5 Å². The average molecular weight is 452 g/mol. The van der Waals surface area contributed by atoms with Gasteiger partial charge in [-0.25, -0.2) is 4.39 Å². The van der Waals surface area contributed by atoms with Gasteiger partial charge in [0.2, 0.25) is 18.7 Å². The second-order valence-corrected chi connectivity index (χ2v) is 7.84. The Morgan fingerprint density at radius 1 is 1.20 bits per heavy atom. The lowest BCUT2D eigenvalue weighted by atomic mass is 9.89. The predicted octanol–water partition coefficient (Wildman–Crippen LogP) is 3.59. The maximum atomic E-state index is 14.8. The quantitative estimate of drug-likeness (QED) is 0.475. The maximum absolute atomic E-state index is 14.8. The zero-order chi connectivity index (χ0) is 21.7. The molecule has 1 saturated heterocycles.